The van der Waals surface area contributed by atoms with Gasteiger partial charge in [0.25, 0.3) is 0 Å². The van der Waals surface area contributed by atoms with Crippen molar-refractivity contribution in [2.24, 2.45) is 0 Å². The van der Waals surface area contributed by atoms with Gasteiger partial charge in [0.1, 0.15) is 0 Å². The molecule has 0 aliphatic heterocycles. The number of nitrogens with one attached hydrogen (secondary N) is 1. The van der Waals surface area contributed by atoms with E-state index in [1.54, 1.807) is 20.8 Å². The summed E-state index contributed by atoms with van der Waals surface area (Å²) >= 11 is 5.80. The van der Waals surface area contributed by atoms with Gasteiger partial charge in [-0.05, 0) is 32.9 Å². The molecule has 0 aliphatic rings. The monoisotopic (exact) mass is 380 g/mol. The molecule has 0 aliphatic carbocycles. The van der Waals surface area contributed by atoms with Crippen LogP contribution in [0.3, 0.4) is 0 Å². The molecule has 1 aromatic rings. The minimum Gasteiger partial charge on any atom is -0.465 e. The summed E-state index contributed by atoms with van der Waals surface area (Å²) in [5.41, 5.74) is -1.53. The molecule has 0 saturated carbocycles. The molecule has 140 valence electrons. The molecular formula is C16H20ClF3N2O3. The van der Waals surface area contributed by atoms with E-state index in [1.807, 2.05) is 0 Å². The van der Waals surface area contributed by atoms with Crippen LogP contribution in [0.1, 0.15) is 26.3 Å². The van der Waals surface area contributed by atoms with Crippen molar-refractivity contribution in [3.63, 3.8) is 0 Å². The number of para-hydroxylation sites is 1. The molecule has 0 atom stereocenters. The number of carbonyl (C=O) groups excluding carboxylic acids is 2. The lowest BCUT2D eigenvalue weighted by Crippen LogP contribution is -2.41. The number of rotatable bonds is 7. The van der Waals surface area contributed by atoms with Crippen LogP contribution in [0.25, 0.3) is 0 Å². The molecule has 1 aromatic carbocycles. The summed E-state index contributed by atoms with van der Waals surface area (Å²) in [7, 11) is 0. The molecule has 1 N–H and O–H groups in total. The SMILES string of the molecule is CCOC(=O)CN(CC(=O)Nc1c(Cl)cccc1C(F)(F)F)C(C)C. The summed E-state index contributed by atoms with van der Waals surface area (Å²) in [4.78, 5) is 25.2. The number of esters is 1. The number of hydrogen-bond donors (Lipinski definition) is 1. The first-order valence-corrected chi connectivity index (χ1v) is 7.99. The topological polar surface area (TPSA) is 58.6 Å². The zero-order valence-electron chi connectivity index (χ0n) is 14.1. The zero-order chi connectivity index (χ0) is 19.2. The first kappa shape index (κ1) is 21.2. The van der Waals surface area contributed by atoms with E-state index in [2.05, 4.69) is 5.32 Å². The number of hydrogen-bond acceptors (Lipinski definition) is 4. The first-order valence-electron chi connectivity index (χ1n) is 7.61. The molecular weight excluding hydrogens is 361 g/mol. The highest BCUT2D eigenvalue weighted by atomic mass is 35.5. The van der Waals surface area contributed by atoms with E-state index in [0.29, 0.717) is 0 Å². The Morgan fingerprint density at radius 1 is 1.28 bits per heavy atom. The Labute approximate surface area is 149 Å². The Kier molecular flexibility index (Phi) is 7.69. The summed E-state index contributed by atoms with van der Waals surface area (Å²) in [6.07, 6.45) is -4.66. The fraction of sp³-hybridized carbons (Fsp3) is 0.500. The highest BCUT2D eigenvalue weighted by Crippen LogP contribution is 2.38. The Morgan fingerprint density at radius 3 is 2.44 bits per heavy atom. The molecule has 5 nitrogen and oxygen atoms in total. The van der Waals surface area contributed by atoms with Gasteiger partial charge in [-0.2, -0.15) is 13.2 Å². The highest BCUT2D eigenvalue weighted by Gasteiger charge is 2.35. The first-order chi connectivity index (χ1) is 11.6. The van der Waals surface area contributed by atoms with Gasteiger partial charge in [0.15, 0.2) is 0 Å². The van der Waals surface area contributed by atoms with Crippen LogP contribution >= 0.6 is 11.6 Å². The highest BCUT2D eigenvalue weighted by molar-refractivity contribution is 6.34. The van der Waals surface area contributed by atoms with E-state index in [4.69, 9.17) is 16.3 Å². The predicted molar refractivity (Wildman–Crippen MR) is 88.4 cm³/mol. The standard InChI is InChI=1S/C16H20ClF3N2O3/c1-4-25-14(24)9-22(10(2)3)8-13(23)21-15-11(16(18,19)20)6-5-7-12(15)17/h5-7,10H,4,8-9H2,1-3H3,(H,21,23). The Hall–Kier alpha value is -1.80. The van der Waals surface area contributed by atoms with Crippen molar-refractivity contribution < 1.29 is 27.5 Å². The lowest BCUT2D eigenvalue weighted by Gasteiger charge is -2.25. The van der Waals surface area contributed by atoms with E-state index < -0.39 is 29.3 Å². The fourth-order valence-corrected chi connectivity index (χ4v) is 2.27. The number of anilines is 1. The van der Waals surface area contributed by atoms with Crippen molar-refractivity contribution in [3.05, 3.63) is 28.8 Å². The minimum absolute atomic E-state index is 0.145. The van der Waals surface area contributed by atoms with Crippen LogP contribution in [-0.4, -0.2) is 42.5 Å². The molecule has 0 radical (unpaired) electrons. The largest absolute Gasteiger partial charge is 0.465 e. The molecule has 0 fully saturated rings. The predicted octanol–water partition coefficient (Wildman–Crippen LogP) is 3.57. The molecule has 25 heavy (non-hydrogen) atoms. The number of amides is 1. The molecule has 0 unspecified atom stereocenters. The average molecular weight is 381 g/mol. The Bertz CT molecular complexity index is 621. The average Bonchev–Trinajstić information content (AvgIpc) is 2.47. The van der Waals surface area contributed by atoms with Crippen LogP contribution in [0.4, 0.5) is 18.9 Å². The number of halogens is 4. The van der Waals surface area contributed by atoms with E-state index in [1.165, 1.54) is 11.0 Å². The smallest absolute Gasteiger partial charge is 0.418 e. The maximum Gasteiger partial charge on any atom is 0.418 e. The Morgan fingerprint density at radius 2 is 1.92 bits per heavy atom. The molecule has 0 aromatic heterocycles. The van der Waals surface area contributed by atoms with Crippen molar-refractivity contribution >= 4 is 29.2 Å². The molecule has 0 saturated heterocycles. The second-order valence-corrected chi connectivity index (χ2v) is 5.92. The lowest BCUT2D eigenvalue weighted by atomic mass is 10.1. The molecule has 1 rings (SSSR count). The van der Waals surface area contributed by atoms with Crippen LogP contribution in [0.2, 0.25) is 5.02 Å². The van der Waals surface area contributed by atoms with Gasteiger partial charge in [0.05, 0.1) is 36.0 Å². The van der Waals surface area contributed by atoms with Crippen LogP contribution in [0, 0.1) is 0 Å². The van der Waals surface area contributed by atoms with Crippen LogP contribution in [-0.2, 0) is 20.5 Å². The summed E-state index contributed by atoms with van der Waals surface area (Å²) in [6, 6.07) is 3.05. The normalized spacial score (nSPS) is 11.7. The minimum atomic E-state index is -4.66. The number of alkyl halides is 3. The number of nitrogens with zero attached hydrogens (tertiary/aromatic N) is 1. The quantitative estimate of drug-likeness (QED) is 0.735. The van der Waals surface area contributed by atoms with Gasteiger partial charge < -0.3 is 10.1 Å². The van der Waals surface area contributed by atoms with Crippen LogP contribution in [0.15, 0.2) is 18.2 Å². The number of ether oxygens (including phenoxy) is 1. The summed E-state index contributed by atoms with van der Waals surface area (Å²) < 4.78 is 44.0. The van der Waals surface area contributed by atoms with Crippen molar-refractivity contribution in [1.29, 1.82) is 0 Å². The summed E-state index contributed by atoms with van der Waals surface area (Å²) in [5.74, 6) is -1.23. The zero-order valence-corrected chi connectivity index (χ0v) is 14.9. The van der Waals surface area contributed by atoms with E-state index in [-0.39, 0.29) is 30.8 Å². The van der Waals surface area contributed by atoms with Crippen molar-refractivity contribution in [3.8, 4) is 0 Å². The number of carbonyl (C=O) groups is 2. The van der Waals surface area contributed by atoms with Gasteiger partial charge in [-0.1, -0.05) is 17.7 Å². The molecule has 0 heterocycles. The number of benzene rings is 1. The van der Waals surface area contributed by atoms with Crippen molar-refractivity contribution in [2.45, 2.75) is 33.0 Å². The summed E-state index contributed by atoms with van der Waals surface area (Å²) in [6.45, 7) is 4.94. The molecule has 9 heteroatoms. The lowest BCUT2D eigenvalue weighted by molar-refractivity contribution is -0.145. The Balaban J connectivity index is 2.90. The molecule has 1 amide bonds. The fourth-order valence-electron chi connectivity index (χ4n) is 2.04. The molecule has 0 spiro atoms. The van der Waals surface area contributed by atoms with Crippen LogP contribution < -0.4 is 5.32 Å². The van der Waals surface area contributed by atoms with E-state index >= 15 is 0 Å². The summed E-state index contributed by atoms with van der Waals surface area (Å²) in [5, 5.41) is 1.97. The second-order valence-electron chi connectivity index (χ2n) is 5.51. The van der Waals surface area contributed by atoms with Gasteiger partial charge >= 0.3 is 12.1 Å². The third-order valence-electron chi connectivity index (χ3n) is 3.30. The van der Waals surface area contributed by atoms with Crippen molar-refractivity contribution in [2.75, 3.05) is 25.0 Å². The maximum atomic E-state index is 13.0. The second kappa shape index (κ2) is 9.05. The van der Waals surface area contributed by atoms with Crippen molar-refractivity contribution in [1.82, 2.24) is 4.90 Å². The van der Waals surface area contributed by atoms with Crippen LogP contribution in [0.5, 0.6) is 0 Å². The molecule has 0 bridgehead atoms. The van der Waals surface area contributed by atoms with Gasteiger partial charge in [0.2, 0.25) is 5.91 Å². The third kappa shape index (κ3) is 6.55. The van der Waals surface area contributed by atoms with E-state index in [0.717, 1.165) is 12.1 Å². The van der Waals surface area contributed by atoms with Gasteiger partial charge in [0, 0.05) is 6.04 Å². The third-order valence-corrected chi connectivity index (χ3v) is 3.61. The van der Waals surface area contributed by atoms with Gasteiger partial charge in [-0.25, -0.2) is 0 Å². The van der Waals surface area contributed by atoms with E-state index in [9.17, 15) is 22.8 Å². The van der Waals surface area contributed by atoms with Gasteiger partial charge in [-0.15, -0.1) is 0 Å². The van der Waals surface area contributed by atoms with Gasteiger partial charge in [-0.3, -0.25) is 14.5 Å². The maximum absolute atomic E-state index is 13.0.